The fourth-order valence-corrected chi connectivity index (χ4v) is 1.69. The predicted octanol–water partition coefficient (Wildman–Crippen LogP) is 1.58. The van der Waals surface area contributed by atoms with Crippen molar-refractivity contribution in [3.05, 3.63) is 39.4 Å². The van der Waals surface area contributed by atoms with Gasteiger partial charge in [-0.2, -0.15) is 0 Å². The molecule has 0 aromatic heterocycles. The number of hydrogen-bond acceptors (Lipinski definition) is 5. The number of nitro benzene ring substituents is 1. The van der Waals surface area contributed by atoms with Gasteiger partial charge in [0.2, 0.25) is 0 Å². The topological polar surface area (TPSA) is 118 Å². The van der Waals surface area contributed by atoms with Crippen molar-refractivity contribution in [1.29, 1.82) is 0 Å². The molecule has 0 amide bonds. The van der Waals surface area contributed by atoms with E-state index in [1.807, 2.05) is 0 Å². The van der Waals surface area contributed by atoms with Crippen LogP contribution in [-0.4, -0.2) is 26.9 Å². The number of nitro groups is 1. The van der Waals surface area contributed by atoms with Crippen molar-refractivity contribution in [2.75, 3.05) is 0 Å². The number of Topliss-reactive ketones (excluding diaryl/α,β-unsaturated/α-hetero) is 1. The number of carboxylic acids is 1. The predicted molar refractivity (Wildman–Crippen MR) is 65.0 cm³/mol. The lowest BCUT2D eigenvalue weighted by Gasteiger charge is -2.14. The Morgan fingerprint density at radius 2 is 1.95 bits per heavy atom. The third kappa shape index (κ3) is 3.27. The number of carbonyl (C=O) groups excluding carboxylic acids is 1. The molecule has 0 saturated heterocycles. The highest BCUT2D eigenvalue weighted by Crippen LogP contribution is 2.32. The van der Waals surface area contributed by atoms with Crippen LogP contribution in [0.3, 0.4) is 0 Å². The lowest BCUT2D eigenvalue weighted by molar-refractivity contribution is -0.385. The fraction of sp³-hybridized carbons (Fsp3) is 0.273. The van der Waals surface area contributed by atoms with Gasteiger partial charge in [-0.1, -0.05) is 0 Å². The number of benzene rings is 1. The summed E-state index contributed by atoms with van der Waals surface area (Å²) in [4.78, 5) is 31.9. The largest absolute Gasteiger partial charge is 0.479 e. The molecule has 2 atom stereocenters. The Balaban J connectivity index is 3.42. The Bertz CT molecular complexity index is 544. The van der Waals surface area contributed by atoms with E-state index in [0.29, 0.717) is 0 Å². The summed E-state index contributed by atoms with van der Waals surface area (Å²) in [5.41, 5.74) is -0.627. The van der Waals surface area contributed by atoms with Crippen molar-refractivity contribution < 1.29 is 24.7 Å². The number of rotatable bonds is 5. The van der Waals surface area contributed by atoms with Crippen molar-refractivity contribution in [3.63, 3.8) is 0 Å². The van der Waals surface area contributed by atoms with Gasteiger partial charge in [-0.15, -0.1) is 11.6 Å². The van der Waals surface area contributed by atoms with Crippen LogP contribution in [0.1, 0.15) is 29.5 Å². The highest BCUT2D eigenvalue weighted by molar-refractivity contribution is 6.31. The van der Waals surface area contributed by atoms with E-state index in [2.05, 4.69) is 0 Å². The standard InChI is InChI=1S/C11H10ClNO6/c1-5(14)9(12)7-3-2-6(13(18)19)4-8(7)10(15)11(16)17/h2-4,9-10,15H,1H3,(H,16,17). The molecule has 0 spiro atoms. The Morgan fingerprint density at radius 3 is 2.37 bits per heavy atom. The van der Waals surface area contributed by atoms with Crippen LogP contribution in [0.15, 0.2) is 18.2 Å². The number of hydrogen-bond donors (Lipinski definition) is 2. The van der Waals surface area contributed by atoms with Gasteiger partial charge in [-0.25, -0.2) is 4.79 Å². The molecule has 19 heavy (non-hydrogen) atoms. The van der Waals surface area contributed by atoms with Gasteiger partial charge in [0.1, 0.15) is 5.38 Å². The van der Waals surface area contributed by atoms with Gasteiger partial charge in [0.25, 0.3) is 5.69 Å². The minimum absolute atomic E-state index is 0.0367. The molecule has 1 rings (SSSR count). The van der Waals surface area contributed by atoms with Gasteiger partial charge in [0.05, 0.1) is 4.92 Å². The van der Waals surface area contributed by atoms with Gasteiger partial charge in [-0.3, -0.25) is 14.9 Å². The molecule has 102 valence electrons. The van der Waals surface area contributed by atoms with E-state index in [0.717, 1.165) is 12.1 Å². The smallest absolute Gasteiger partial charge is 0.337 e. The number of aliphatic carboxylic acids is 1. The van der Waals surface area contributed by atoms with Crippen LogP contribution in [-0.2, 0) is 9.59 Å². The number of alkyl halides is 1. The normalized spacial score (nSPS) is 13.6. The molecule has 1 aromatic carbocycles. The van der Waals surface area contributed by atoms with Crippen LogP contribution in [0.25, 0.3) is 0 Å². The Hall–Kier alpha value is -1.99. The van der Waals surface area contributed by atoms with E-state index in [9.17, 15) is 24.8 Å². The molecule has 0 aliphatic heterocycles. The number of aliphatic hydroxyl groups is 1. The zero-order valence-electron chi connectivity index (χ0n) is 9.74. The number of ketones is 1. The van der Waals surface area contributed by atoms with Gasteiger partial charge in [-0.05, 0) is 18.6 Å². The van der Waals surface area contributed by atoms with Crippen molar-refractivity contribution >= 4 is 29.0 Å². The molecule has 7 nitrogen and oxygen atoms in total. The first-order valence-electron chi connectivity index (χ1n) is 5.09. The maximum absolute atomic E-state index is 11.2. The lowest BCUT2D eigenvalue weighted by atomic mass is 9.97. The molecule has 0 heterocycles. The number of carboxylic acid groups (broad SMARTS) is 1. The summed E-state index contributed by atoms with van der Waals surface area (Å²) in [5.74, 6) is -2.05. The molecule has 8 heteroatoms. The maximum Gasteiger partial charge on any atom is 0.337 e. The summed E-state index contributed by atoms with van der Waals surface area (Å²) in [6.07, 6.45) is -1.99. The van der Waals surface area contributed by atoms with E-state index < -0.39 is 33.8 Å². The summed E-state index contributed by atoms with van der Waals surface area (Å²) < 4.78 is 0. The summed E-state index contributed by atoms with van der Waals surface area (Å²) in [5, 5.41) is 27.7. The van der Waals surface area contributed by atoms with Gasteiger partial charge >= 0.3 is 5.97 Å². The van der Waals surface area contributed by atoms with Crippen LogP contribution >= 0.6 is 11.6 Å². The second kappa shape index (κ2) is 5.77. The molecule has 0 bridgehead atoms. The molecular formula is C11H10ClNO6. The highest BCUT2D eigenvalue weighted by Gasteiger charge is 2.27. The quantitative estimate of drug-likeness (QED) is 0.482. The van der Waals surface area contributed by atoms with E-state index in [1.165, 1.54) is 13.0 Å². The molecule has 1 aromatic rings. The molecule has 0 saturated carbocycles. The average Bonchev–Trinajstić information content (AvgIpc) is 2.35. The number of halogens is 1. The Morgan fingerprint density at radius 1 is 1.37 bits per heavy atom. The van der Waals surface area contributed by atoms with Crippen LogP contribution < -0.4 is 0 Å². The second-order valence-electron chi connectivity index (χ2n) is 3.78. The Kier molecular flexibility index (Phi) is 4.57. The minimum atomic E-state index is -1.99. The van der Waals surface area contributed by atoms with E-state index in [4.69, 9.17) is 16.7 Å². The number of non-ortho nitro benzene ring substituents is 1. The monoisotopic (exact) mass is 287 g/mol. The van der Waals surface area contributed by atoms with Crippen molar-refractivity contribution in [2.24, 2.45) is 0 Å². The van der Waals surface area contributed by atoms with E-state index in [-0.39, 0.29) is 11.1 Å². The van der Waals surface area contributed by atoms with Gasteiger partial charge < -0.3 is 10.2 Å². The molecule has 0 aliphatic rings. The first-order chi connectivity index (χ1) is 8.75. The van der Waals surface area contributed by atoms with Crippen molar-refractivity contribution in [1.82, 2.24) is 0 Å². The van der Waals surface area contributed by atoms with E-state index >= 15 is 0 Å². The van der Waals surface area contributed by atoms with E-state index in [1.54, 1.807) is 0 Å². The molecule has 2 N–H and O–H groups in total. The molecule has 0 fully saturated rings. The SMILES string of the molecule is CC(=O)C(Cl)c1ccc([N+](=O)[O-])cc1C(O)C(=O)O. The molecule has 2 unspecified atom stereocenters. The Labute approximate surface area is 112 Å². The second-order valence-corrected chi connectivity index (χ2v) is 4.22. The summed E-state index contributed by atoms with van der Waals surface area (Å²) in [6.45, 7) is 1.19. The van der Waals surface area contributed by atoms with Gasteiger partial charge in [0.15, 0.2) is 11.9 Å². The fourth-order valence-electron chi connectivity index (χ4n) is 1.50. The van der Waals surface area contributed by atoms with Crippen LogP contribution in [0.5, 0.6) is 0 Å². The third-order valence-electron chi connectivity index (χ3n) is 2.44. The van der Waals surface area contributed by atoms with Crippen LogP contribution in [0.2, 0.25) is 0 Å². The zero-order chi connectivity index (χ0) is 14.7. The summed E-state index contributed by atoms with van der Waals surface area (Å²) >= 11 is 5.80. The average molecular weight is 288 g/mol. The molecule has 0 radical (unpaired) electrons. The first-order valence-corrected chi connectivity index (χ1v) is 5.53. The van der Waals surface area contributed by atoms with Crippen molar-refractivity contribution in [3.8, 4) is 0 Å². The van der Waals surface area contributed by atoms with Crippen molar-refractivity contribution in [2.45, 2.75) is 18.4 Å². The highest BCUT2D eigenvalue weighted by atomic mass is 35.5. The summed E-state index contributed by atoms with van der Waals surface area (Å²) in [6, 6.07) is 3.15. The van der Waals surface area contributed by atoms with Crippen LogP contribution in [0.4, 0.5) is 5.69 Å². The maximum atomic E-state index is 11.2. The summed E-state index contributed by atoms with van der Waals surface area (Å²) in [7, 11) is 0. The lowest BCUT2D eigenvalue weighted by Crippen LogP contribution is -2.15. The van der Waals surface area contributed by atoms with Crippen LogP contribution in [0, 0.1) is 10.1 Å². The third-order valence-corrected chi connectivity index (χ3v) is 2.98. The molecule has 0 aliphatic carbocycles. The number of aliphatic hydroxyl groups excluding tert-OH is 1. The molecular weight excluding hydrogens is 278 g/mol. The first kappa shape index (κ1) is 15.1. The number of carbonyl (C=O) groups is 2. The number of nitrogens with zero attached hydrogens (tertiary/aromatic N) is 1. The van der Waals surface area contributed by atoms with Gasteiger partial charge in [0, 0.05) is 17.7 Å². The zero-order valence-corrected chi connectivity index (χ0v) is 10.5. The minimum Gasteiger partial charge on any atom is -0.479 e.